The summed E-state index contributed by atoms with van der Waals surface area (Å²) in [6, 6.07) is 57.1. The van der Waals surface area contributed by atoms with Crippen molar-refractivity contribution >= 4 is 70.9 Å². The molecule has 0 saturated heterocycles. The SMILES string of the molecule is C=C1/C=C\C=C(\c2nc(-c3ccc4ccccc4c3)nc(-c3cc(-n4c5ccccc5c5cc6ccccc6cc54)c4oc5ccccc5c4c3)n2)Cc2ccccc2O1. The number of rotatable bonds is 4. The van der Waals surface area contributed by atoms with Crippen LogP contribution < -0.4 is 4.74 Å². The van der Waals surface area contributed by atoms with E-state index in [1.165, 1.54) is 21.5 Å². The van der Waals surface area contributed by atoms with Gasteiger partial charge >= 0.3 is 0 Å². The molecule has 12 rings (SSSR count). The fourth-order valence-corrected chi connectivity index (χ4v) is 8.74. The van der Waals surface area contributed by atoms with Gasteiger partial charge in [0, 0.05) is 44.7 Å². The van der Waals surface area contributed by atoms with Gasteiger partial charge in [0.05, 0.1) is 16.7 Å². The van der Waals surface area contributed by atoms with Gasteiger partial charge in [-0.3, -0.25) is 0 Å². The Morgan fingerprint density at radius 3 is 2.07 bits per heavy atom. The van der Waals surface area contributed by atoms with Crippen molar-refractivity contribution in [1.29, 1.82) is 0 Å². The standard InChI is InChI=1S/C54H34N4O2/c1-33-13-12-19-39(28-38-18-6-10-23-49(38)59-33)52-55-53(40-26-25-34-14-2-3-15-35(34)27-40)57-54(56-52)41-30-45-43-21-8-11-24-50(43)60-51(45)48(32-41)58-46-22-9-7-20-42(46)44-29-36-16-4-5-17-37(36)31-47(44)58/h2-27,29-32H,1,28H2/b13-12-,39-19+. The molecule has 4 heterocycles. The highest BCUT2D eigenvalue weighted by atomic mass is 16.5. The molecule has 1 aliphatic heterocycles. The average molecular weight is 771 g/mol. The summed E-state index contributed by atoms with van der Waals surface area (Å²) in [5.41, 5.74) is 8.37. The molecule has 3 aromatic heterocycles. The minimum Gasteiger partial charge on any atom is -0.458 e. The van der Waals surface area contributed by atoms with Gasteiger partial charge in [0.2, 0.25) is 0 Å². The number of hydrogen-bond donors (Lipinski definition) is 0. The molecule has 0 N–H and O–H groups in total. The second-order valence-electron chi connectivity index (χ2n) is 15.3. The predicted molar refractivity (Wildman–Crippen MR) is 244 cm³/mol. The lowest BCUT2D eigenvalue weighted by Gasteiger charge is -2.14. The summed E-state index contributed by atoms with van der Waals surface area (Å²) in [4.78, 5) is 15.9. The van der Waals surface area contributed by atoms with Crippen LogP contribution in [0.3, 0.4) is 0 Å². The Bertz CT molecular complexity index is 3640. The molecule has 6 nitrogen and oxygen atoms in total. The van der Waals surface area contributed by atoms with Crippen LogP contribution >= 0.6 is 0 Å². The predicted octanol–water partition coefficient (Wildman–Crippen LogP) is 13.6. The molecule has 0 amide bonds. The van der Waals surface area contributed by atoms with Gasteiger partial charge in [-0.25, -0.2) is 15.0 Å². The van der Waals surface area contributed by atoms with Gasteiger partial charge < -0.3 is 13.7 Å². The van der Waals surface area contributed by atoms with E-state index in [-0.39, 0.29) is 0 Å². The second-order valence-corrected chi connectivity index (χ2v) is 15.3. The number of hydrogen-bond acceptors (Lipinski definition) is 5. The number of para-hydroxylation sites is 3. The number of fused-ring (bicyclic) bond motifs is 9. The van der Waals surface area contributed by atoms with Crippen LogP contribution in [0, 0.1) is 0 Å². The quantitative estimate of drug-likeness (QED) is 0.178. The molecule has 0 bridgehead atoms. The Morgan fingerprint density at radius 1 is 0.517 bits per heavy atom. The van der Waals surface area contributed by atoms with E-state index in [0.717, 1.165) is 77.4 Å². The summed E-state index contributed by atoms with van der Waals surface area (Å²) in [5, 5.41) is 8.97. The van der Waals surface area contributed by atoms with Gasteiger partial charge in [0.25, 0.3) is 0 Å². The van der Waals surface area contributed by atoms with Gasteiger partial charge in [0.1, 0.15) is 17.1 Å². The summed E-state index contributed by atoms with van der Waals surface area (Å²) < 4.78 is 15.3. The molecule has 0 radical (unpaired) electrons. The molecule has 6 heteroatoms. The first-order chi connectivity index (χ1) is 29.6. The molecule has 0 spiro atoms. The molecule has 0 fully saturated rings. The molecule has 60 heavy (non-hydrogen) atoms. The summed E-state index contributed by atoms with van der Waals surface area (Å²) >= 11 is 0. The minimum atomic E-state index is 0.542. The molecule has 0 saturated carbocycles. The van der Waals surface area contributed by atoms with Crippen molar-refractivity contribution in [3.63, 3.8) is 0 Å². The fraction of sp³-hybridized carbons (Fsp3) is 0.0185. The van der Waals surface area contributed by atoms with Crippen LogP contribution in [0.5, 0.6) is 5.75 Å². The highest BCUT2D eigenvalue weighted by molar-refractivity contribution is 6.16. The normalized spacial score (nSPS) is 14.5. The smallest absolute Gasteiger partial charge is 0.164 e. The minimum absolute atomic E-state index is 0.542. The van der Waals surface area contributed by atoms with Gasteiger partial charge in [0.15, 0.2) is 23.1 Å². The average Bonchev–Trinajstić information content (AvgIpc) is 3.85. The number of benzene rings is 8. The lowest BCUT2D eigenvalue weighted by atomic mass is 10.0. The fourth-order valence-electron chi connectivity index (χ4n) is 8.74. The van der Waals surface area contributed by atoms with Crippen molar-refractivity contribution in [2.24, 2.45) is 0 Å². The summed E-state index contributed by atoms with van der Waals surface area (Å²) in [7, 11) is 0. The van der Waals surface area contributed by atoms with E-state index in [0.29, 0.717) is 29.7 Å². The molecule has 8 aromatic carbocycles. The Kier molecular flexibility index (Phi) is 7.65. The number of aromatic nitrogens is 4. The highest BCUT2D eigenvalue weighted by Gasteiger charge is 2.23. The number of allylic oxidation sites excluding steroid dienone is 4. The van der Waals surface area contributed by atoms with Crippen LogP contribution in [0.2, 0.25) is 0 Å². The largest absolute Gasteiger partial charge is 0.458 e. The molecule has 1 aliphatic rings. The van der Waals surface area contributed by atoms with Crippen molar-refractivity contribution in [1.82, 2.24) is 19.5 Å². The monoisotopic (exact) mass is 770 g/mol. The number of nitrogens with zero attached hydrogens (tertiary/aromatic N) is 4. The van der Waals surface area contributed by atoms with E-state index in [4.69, 9.17) is 24.1 Å². The van der Waals surface area contributed by atoms with Crippen LogP contribution in [-0.2, 0) is 6.42 Å². The first-order valence-corrected chi connectivity index (χ1v) is 20.1. The lowest BCUT2D eigenvalue weighted by molar-refractivity contribution is 0.443. The Labute approximate surface area is 344 Å². The second kappa shape index (κ2) is 13.5. The molecule has 11 aromatic rings. The maximum absolute atomic E-state index is 6.81. The lowest BCUT2D eigenvalue weighted by Crippen LogP contribution is -2.05. The van der Waals surface area contributed by atoms with Crippen LogP contribution in [0.1, 0.15) is 11.4 Å². The van der Waals surface area contributed by atoms with E-state index in [2.05, 4.69) is 151 Å². The topological polar surface area (TPSA) is 66.0 Å². The zero-order chi connectivity index (χ0) is 39.7. The summed E-state index contributed by atoms with van der Waals surface area (Å²) in [6.07, 6.45) is 6.42. The molecule has 282 valence electrons. The third kappa shape index (κ3) is 5.61. The Balaban J connectivity index is 1.15. The van der Waals surface area contributed by atoms with Crippen molar-refractivity contribution in [3.05, 3.63) is 206 Å². The first kappa shape index (κ1) is 34.0. The third-order valence-electron chi connectivity index (χ3n) is 11.6. The number of furan rings is 1. The first-order valence-electron chi connectivity index (χ1n) is 20.1. The maximum atomic E-state index is 6.81. The van der Waals surface area contributed by atoms with E-state index in [1.807, 2.05) is 42.5 Å². The van der Waals surface area contributed by atoms with Crippen LogP contribution in [-0.4, -0.2) is 19.5 Å². The summed E-state index contributed by atoms with van der Waals surface area (Å²) in [6.45, 7) is 4.12. The summed E-state index contributed by atoms with van der Waals surface area (Å²) in [5.74, 6) is 3.03. The van der Waals surface area contributed by atoms with Gasteiger partial charge in [-0.15, -0.1) is 0 Å². The van der Waals surface area contributed by atoms with Crippen LogP contribution in [0.15, 0.2) is 199 Å². The van der Waals surface area contributed by atoms with Crippen molar-refractivity contribution in [2.75, 3.05) is 0 Å². The van der Waals surface area contributed by atoms with Crippen LogP contribution in [0.4, 0.5) is 0 Å². The van der Waals surface area contributed by atoms with E-state index >= 15 is 0 Å². The highest BCUT2D eigenvalue weighted by Crippen LogP contribution is 2.42. The maximum Gasteiger partial charge on any atom is 0.164 e. The third-order valence-corrected chi connectivity index (χ3v) is 11.6. The molecule has 0 atom stereocenters. The van der Waals surface area contributed by atoms with E-state index < -0.39 is 0 Å². The van der Waals surface area contributed by atoms with Crippen LogP contribution in [0.25, 0.3) is 99.3 Å². The van der Waals surface area contributed by atoms with E-state index in [9.17, 15) is 0 Å². The molecular weight excluding hydrogens is 737 g/mol. The molecule has 0 aliphatic carbocycles. The zero-order valence-electron chi connectivity index (χ0n) is 32.3. The van der Waals surface area contributed by atoms with Gasteiger partial charge in [-0.05, 0) is 81.7 Å². The molecule has 0 unspecified atom stereocenters. The van der Waals surface area contributed by atoms with Crippen molar-refractivity contribution in [2.45, 2.75) is 6.42 Å². The van der Waals surface area contributed by atoms with Crippen molar-refractivity contribution < 1.29 is 9.15 Å². The van der Waals surface area contributed by atoms with E-state index in [1.54, 1.807) is 0 Å². The number of ether oxygens (including phenoxy) is 1. The van der Waals surface area contributed by atoms with Gasteiger partial charge in [-0.1, -0.05) is 134 Å². The van der Waals surface area contributed by atoms with Crippen molar-refractivity contribution in [3.8, 4) is 34.2 Å². The Hall–Kier alpha value is -8.09. The zero-order valence-corrected chi connectivity index (χ0v) is 32.3. The molecular formula is C54H34N4O2. The van der Waals surface area contributed by atoms with Gasteiger partial charge in [-0.2, -0.15) is 0 Å². The Morgan fingerprint density at radius 2 is 1.20 bits per heavy atom.